The predicted octanol–water partition coefficient (Wildman–Crippen LogP) is 1.81. The van der Waals surface area contributed by atoms with Gasteiger partial charge in [-0.3, -0.25) is 0 Å². The molecule has 0 saturated carbocycles. The van der Waals surface area contributed by atoms with Crippen molar-refractivity contribution in [1.82, 2.24) is 10.2 Å². The van der Waals surface area contributed by atoms with Crippen molar-refractivity contribution in [2.75, 3.05) is 33.4 Å². The lowest BCUT2D eigenvalue weighted by molar-refractivity contribution is -0.0496. The van der Waals surface area contributed by atoms with Crippen LogP contribution in [0.5, 0.6) is 0 Å². The first-order valence-corrected chi connectivity index (χ1v) is 7.49. The molecule has 0 aliphatic carbocycles. The molecule has 1 heterocycles. The highest BCUT2D eigenvalue weighted by molar-refractivity contribution is 5.74. The van der Waals surface area contributed by atoms with Gasteiger partial charge in [0.25, 0.3) is 0 Å². The SMILES string of the molecule is COC[C@@H]1CN(C(=O)N[C@@H](C)Cc2cccc(F)c2)CCO1. The van der Waals surface area contributed by atoms with Gasteiger partial charge in [0, 0.05) is 19.7 Å². The maximum Gasteiger partial charge on any atom is 0.317 e. The zero-order chi connectivity index (χ0) is 15.9. The Labute approximate surface area is 130 Å². The van der Waals surface area contributed by atoms with Crippen molar-refractivity contribution < 1.29 is 18.7 Å². The molecule has 0 radical (unpaired) electrons. The van der Waals surface area contributed by atoms with E-state index in [2.05, 4.69) is 5.32 Å². The summed E-state index contributed by atoms with van der Waals surface area (Å²) < 4.78 is 23.8. The Bertz CT molecular complexity index is 496. The van der Waals surface area contributed by atoms with Crippen molar-refractivity contribution in [2.24, 2.45) is 0 Å². The second-order valence-electron chi connectivity index (χ2n) is 5.58. The van der Waals surface area contributed by atoms with E-state index in [0.29, 0.717) is 32.7 Å². The standard InChI is InChI=1S/C16H23FN2O3/c1-12(8-13-4-3-5-14(17)9-13)18-16(20)19-6-7-22-15(10-19)11-21-2/h3-5,9,12,15H,6-8,10-11H2,1-2H3,(H,18,20)/t12-,15-/m0/s1. The molecule has 122 valence electrons. The Morgan fingerprint density at radius 3 is 3.14 bits per heavy atom. The monoisotopic (exact) mass is 310 g/mol. The van der Waals surface area contributed by atoms with E-state index in [1.165, 1.54) is 12.1 Å². The first-order chi connectivity index (χ1) is 10.6. The van der Waals surface area contributed by atoms with Crippen LogP contribution in [0.3, 0.4) is 0 Å². The number of carbonyl (C=O) groups excluding carboxylic acids is 1. The molecular weight excluding hydrogens is 287 g/mol. The average Bonchev–Trinajstić information content (AvgIpc) is 2.47. The summed E-state index contributed by atoms with van der Waals surface area (Å²) in [6, 6.07) is 6.25. The van der Waals surface area contributed by atoms with Crippen LogP contribution >= 0.6 is 0 Å². The third kappa shape index (κ3) is 4.96. The van der Waals surface area contributed by atoms with Crippen LogP contribution in [0.1, 0.15) is 12.5 Å². The Balaban J connectivity index is 1.83. The summed E-state index contributed by atoms with van der Waals surface area (Å²) in [4.78, 5) is 14.0. The third-order valence-corrected chi connectivity index (χ3v) is 3.58. The lowest BCUT2D eigenvalue weighted by Gasteiger charge is -2.33. The van der Waals surface area contributed by atoms with E-state index in [1.807, 2.05) is 13.0 Å². The summed E-state index contributed by atoms with van der Waals surface area (Å²) in [6.07, 6.45) is 0.512. The minimum Gasteiger partial charge on any atom is -0.382 e. The van der Waals surface area contributed by atoms with E-state index in [0.717, 1.165) is 5.56 Å². The van der Waals surface area contributed by atoms with E-state index >= 15 is 0 Å². The lowest BCUT2D eigenvalue weighted by Crippen LogP contribution is -2.52. The van der Waals surface area contributed by atoms with Crippen molar-refractivity contribution in [2.45, 2.75) is 25.5 Å². The highest BCUT2D eigenvalue weighted by Crippen LogP contribution is 2.09. The smallest absolute Gasteiger partial charge is 0.317 e. The van der Waals surface area contributed by atoms with E-state index in [1.54, 1.807) is 18.1 Å². The number of nitrogens with zero attached hydrogens (tertiary/aromatic N) is 1. The van der Waals surface area contributed by atoms with E-state index in [9.17, 15) is 9.18 Å². The first kappa shape index (κ1) is 16.7. The van der Waals surface area contributed by atoms with Gasteiger partial charge in [0.15, 0.2) is 0 Å². The third-order valence-electron chi connectivity index (χ3n) is 3.58. The summed E-state index contributed by atoms with van der Waals surface area (Å²) in [6.45, 7) is 3.99. The molecule has 1 saturated heterocycles. The quantitative estimate of drug-likeness (QED) is 0.902. The van der Waals surface area contributed by atoms with Crippen LogP contribution in [0.25, 0.3) is 0 Å². The number of hydrogen-bond donors (Lipinski definition) is 1. The zero-order valence-corrected chi connectivity index (χ0v) is 13.0. The summed E-state index contributed by atoms with van der Waals surface area (Å²) in [5, 5.41) is 2.95. The molecular formula is C16H23FN2O3. The first-order valence-electron chi connectivity index (χ1n) is 7.49. The maximum atomic E-state index is 13.2. The number of rotatable bonds is 5. The highest BCUT2D eigenvalue weighted by Gasteiger charge is 2.24. The van der Waals surface area contributed by atoms with Gasteiger partial charge in [0.05, 0.1) is 25.9 Å². The van der Waals surface area contributed by atoms with Gasteiger partial charge in [-0.1, -0.05) is 12.1 Å². The van der Waals surface area contributed by atoms with Gasteiger partial charge in [-0.2, -0.15) is 0 Å². The van der Waals surface area contributed by atoms with Crippen molar-refractivity contribution in [3.05, 3.63) is 35.6 Å². The molecule has 1 N–H and O–H groups in total. The molecule has 5 nitrogen and oxygen atoms in total. The van der Waals surface area contributed by atoms with E-state index < -0.39 is 0 Å². The fourth-order valence-corrected chi connectivity index (χ4v) is 2.56. The number of amides is 2. The number of halogens is 1. The second kappa shape index (κ2) is 8.10. The number of methoxy groups -OCH3 is 1. The Kier molecular flexibility index (Phi) is 6.15. The van der Waals surface area contributed by atoms with Gasteiger partial charge in [0.1, 0.15) is 5.82 Å². The van der Waals surface area contributed by atoms with Crippen LogP contribution < -0.4 is 5.32 Å². The molecule has 2 atom stereocenters. The van der Waals surface area contributed by atoms with Crippen LogP contribution in [0.4, 0.5) is 9.18 Å². The number of hydrogen-bond acceptors (Lipinski definition) is 3. The molecule has 1 aliphatic heterocycles. The van der Waals surface area contributed by atoms with E-state index in [-0.39, 0.29) is 24.0 Å². The van der Waals surface area contributed by atoms with Crippen molar-refractivity contribution in [3.8, 4) is 0 Å². The fourth-order valence-electron chi connectivity index (χ4n) is 2.56. The molecule has 0 spiro atoms. The van der Waals surface area contributed by atoms with Crippen LogP contribution in [0, 0.1) is 5.82 Å². The molecule has 22 heavy (non-hydrogen) atoms. The second-order valence-corrected chi connectivity index (χ2v) is 5.58. The van der Waals surface area contributed by atoms with Crippen LogP contribution in [-0.4, -0.2) is 56.5 Å². The van der Waals surface area contributed by atoms with Crippen LogP contribution in [0.15, 0.2) is 24.3 Å². The molecule has 0 unspecified atom stereocenters. The van der Waals surface area contributed by atoms with Crippen LogP contribution in [-0.2, 0) is 15.9 Å². The minimum atomic E-state index is -0.258. The normalized spacial score (nSPS) is 19.8. The minimum absolute atomic E-state index is 0.0713. The molecule has 1 aromatic rings. The summed E-state index contributed by atoms with van der Waals surface area (Å²) in [7, 11) is 1.61. The molecule has 1 aromatic carbocycles. The number of carbonyl (C=O) groups is 1. The van der Waals surface area contributed by atoms with Crippen molar-refractivity contribution >= 4 is 6.03 Å². The number of urea groups is 1. The number of nitrogens with one attached hydrogen (secondary N) is 1. The van der Waals surface area contributed by atoms with Gasteiger partial charge in [-0.05, 0) is 31.0 Å². The van der Waals surface area contributed by atoms with Gasteiger partial charge in [-0.25, -0.2) is 9.18 Å². The van der Waals surface area contributed by atoms with Crippen molar-refractivity contribution in [1.29, 1.82) is 0 Å². The van der Waals surface area contributed by atoms with Gasteiger partial charge < -0.3 is 19.7 Å². The zero-order valence-electron chi connectivity index (χ0n) is 13.0. The maximum absolute atomic E-state index is 13.2. The lowest BCUT2D eigenvalue weighted by atomic mass is 10.1. The van der Waals surface area contributed by atoms with Gasteiger partial charge in [0.2, 0.25) is 0 Å². The number of morpholine rings is 1. The average molecular weight is 310 g/mol. The molecule has 1 aliphatic rings. The van der Waals surface area contributed by atoms with Crippen molar-refractivity contribution in [3.63, 3.8) is 0 Å². The highest BCUT2D eigenvalue weighted by atomic mass is 19.1. The Morgan fingerprint density at radius 1 is 1.59 bits per heavy atom. The molecule has 1 fully saturated rings. The molecule has 0 bridgehead atoms. The molecule has 6 heteroatoms. The van der Waals surface area contributed by atoms with Gasteiger partial charge in [-0.15, -0.1) is 0 Å². The largest absolute Gasteiger partial charge is 0.382 e. The Hall–Kier alpha value is -1.66. The number of benzene rings is 1. The predicted molar refractivity (Wildman–Crippen MR) is 81.3 cm³/mol. The fraction of sp³-hybridized carbons (Fsp3) is 0.562. The van der Waals surface area contributed by atoms with E-state index in [4.69, 9.17) is 9.47 Å². The van der Waals surface area contributed by atoms with Gasteiger partial charge >= 0.3 is 6.03 Å². The molecule has 0 aromatic heterocycles. The summed E-state index contributed by atoms with van der Waals surface area (Å²) >= 11 is 0. The molecule has 2 amide bonds. The molecule has 2 rings (SSSR count). The van der Waals surface area contributed by atoms with Crippen LogP contribution in [0.2, 0.25) is 0 Å². The topological polar surface area (TPSA) is 50.8 Å². The Morgan fingerprint density at radius 2 is 2.41 bits per heavy atom. The number of ether oxygens (including phenoxy) is 2. The summed E-state index contributed by atoms with van der Waals surface area (Å²) in [5.41, 5.74) is 0.868. The summed E-state index contributed by atoms with van der Waals surface area (Å²) in [5.74, 6) is -0.258.